The minimum absolute atomic E-state index is 0.132. The molecule has 0 saturated heterocycles. The van der Waals surface area contributed by atoms with Crippen LogP contribution in [0.2, 0.25) is 0 Å². The van der Waals surface area contributed by atoms with Gasteiger partial charge in [-0.1, -0.05) is 20.8 Å². The van der Waals surface area contributed by atoms with Gasteiger partial charge in [-0.3, -0.25) is 4.99 Å². The van der Waals surface area contributed by atoms with Crippen molar-refractivity contribution in [1.29, 1.82) is 0 Å². The normalized spacial score (nSPS) is 12.8. The summed E-state index contributed by atoms with van der Waals surface area (Å²) in [5.41, 5.74) is 18.2. The molecule has 0 aromatic heterocycles. The topological polar surface area (TPSA) is 99.6 Å². The molecular formula is C16H28N4O. The van der Waals surface area contributed by atoms with Crippen LogP contribution in [-0.4, -0.2) is 31.6 Å². The Morgan fingerprint density at radius 1 is 1.14 bits per heavy atom. The Balaban J connectivity index is 2.61. The Labute approximate surface area is 127 Å². The van der Waals surface area contributed by atoms with Gasteiger partial charge >= 0.3 is 0 Å². The molecule has 0 saturated carbocycles. The molecule has 0 spiro atoms. The molecule has 0 heterocycles. The fourth-order valence-corrected chi connectivity index (χ4v) is 1.67. The molecule has 0 aliphatic carbocycles. The zero-order valence-electron chi connectivity index (χ0n) is 13.3. The van der Waals surface area contributed by atoms with Crippen LogP contribution >= 0.6 is 0 Å². The molecule has 1 aromatic carbocycles. The van der Waals surface area contributed by atoms with Crippen molar-refractivity contribution in [2.75, 3.05) is 19.7 Å². The Morgan fingerprint density at radius 3 is 2.19 bits per heavy atom. The Bertz CT molecular complexity index is 444. The molecule has 0 atom stereocenters. The highest BCUT2D eigenvalue weighted by molar-refractivity contribution is 5.97. The molecule has 5 nitrogen and oxygen atoms in total. The summed E-state index contributed by atoms with van der Waals surface area (Å²) in [6.45, 7) is 8.08. The Morgan fingerprint density at radius 2 is 1.71 bits per heavy atom. The summed E-state index contributed by atoms with van der Waals surface area (Å²) in [6.07, 6.45) is 1.01. The quantitative estimate of drug-likeness (QED) is 0.523. The van der Waals surface area contributed by atoms with Crippen molar-refractivity contribution in [1.82, 2.24) is 0 Å². The molecule has 6 N–H and O–H groups in total. The van der Waals surface area contributed by atoms with Gasteiger partial charge in [0.25, 0.3) is 0 Å². The fraction of sp³-hybridized carbons (Fsp3) is 0.562. The lowest BCUT2D eigenvalue weighted by Gasteiger charge is -2.18. The van der Waals surface area contributed by atoms with E-state index in [2.05, 4.69) is 25.8 Å². The number of ether oxygens (including phenoxy) is 1. The number of benzene rings is 1. The van der Waals surface area contributed by atoms with Gasteiger partial charge in [0.15, 0.2) is 0 Å². The summed E-state index contributed by atoms with van der Waals surface area (Å²) in [5, 5.41) is 0. The van der Waals surface area contributed by atoms with E-state index in [1.807, 2.05) is 24.3 Å². The Hall–Kier alpha value is -1.59. The second kappa shape index (κ2) is 8.00. The van der Waals surface area contributed by atoms with Crippen molar-refractivity contribution in [2.45, 2.75) is 33.2 Å². The van der Waals surface area contributed by atoms with Gasteiger partial charge in [-0.2, -0.15) is 0 Å². The van der Waals surface area contributed by atoms with Crippen LogP contribution < -0.4 is 21.9 Å². The second-order valence-corrected chi connectivity index (χ2v) is 6.32. The predicted octanol–water partition coefficient (Wildman–Crippen LogP) is 1.49. The summed E-state index contributed by atoms with van der Waals surface area (Å²) >= 11 is 0. The van der Waals surface area contributed by atoms with Gasteiger partial charge in [0.05, 0.1) is 12.6 Å². The first-order valence-electron chi connectivity index (χ1n) is 7.32. The lowest BCUT2D eigenvalue weighted by atomic mass is 9.93. The van der Waals surface area contributed by atoms with Crippen LogP contribution in [0.1, 0.15) is 32.8 Å². The molecular weight excluding hydrogens is 264 g/mol. The van der Waals surface area contributed by atoms with Gasteiger partial charge in [-0.25, -0.2) is 0 Å². The summed E-state index contributed by atoms with van der Waals surface area (Å²) in [5.74, 6) is 1.29. The van der Waals surface area contributed by atoms with E-state index in [1.54, 1.807) is 0 Å². The summed E-state index contributed by atoms with van der Waals surface area (Å²) in [6, 6.07) is 7.47. The molecule has 5 heteroatoms. The van der Waals surface area contributed by atoms with Crippen molar-refractivity contribution >= 4 is 5.84 Å². The number of nitrogens with zero attached hydrogens (tertiary/aromatic N) is 1. The molecule has 0 radical (unpaired) electrons. The van der Waals surface area contributed by atoms with Crippen molar-refractivity contribution in [3.63, 3.8) is 0 Å². The number of nitrogens with two attached hydrogens (primary N) is 3. The monoisotopic (exact) mass is 292 g/mol. The Kier molecular flexibility index (Phi) is 6.65. The SMILES string of the molecule is CC(C)(C)CCOc1ccc(C(N)=NC(CN)CN)cc1. The van der Waals surface area contributed by atoms with Crippen LogP contribution in [0, 0.1) is 5.41 Å². The average Bonchev–Trinajstić information content (AvgIpc) is 2.44. The van der Waals surface area contributed by atoms with Gasteiger partial charge in [0.1, 0.15) is 11.6 Å². The summed E-state index contributed by atoms with van der Waals surface area (Å²) in [7, 11) is 0. The number of hydrogen-bond acceptors (Lipinski definition) is 4. The zero-order chi connectivity index (χ0) is 15.9. The number of aliphatic imine (C=N–C) groups is 1. The standard InChI is InChI=1S/C16H28N4O/c1-16(2,3)8-9-21-14-6-4-12(5-7-14)15(19)20-13(10-17)11-18/h4-7,13H,8-11,17-18H2,1-3H3,(H2,19,20). The summed E-state index contributed by atoms with van der Waals surface area (Å²) < 4.78 is 5.72. The van der Waals surface area contributed by atoms with E-state index < -0.39 is 0 Å². The third-order valence-corrected chi connectivity index (χ3v) is 3.14. The minimum atomic E-state index is -0.132. The fourth-order valence-electron chi connectivity index (χ4n) is 1.67. The van der Waals surface area contributed by atoms with E-state index in [1.165, 1.54) is 0 Å². The van der Waals surface area contributed by atoms with Crippen LogP contribution in [0.15, 0.2) is 29.3 Å². The van der Waals surface area contributed by atoms with Crippen LogP contribution in [0.5, 0.6) is 5.75 Å². The molecule has 1 aromatic rings. The van der Waals surface area contributed by atoms with Crippen LogP contribution in [0.25, 0.3) is 0 Å². The molecule has 118 valence electrons. The average molecular weight is 292 g/mol. The molecule has 0 aliphatic heterocycles. The smallest absolute Gasteiger partial charge is 0.125 e. The maximum atomic E-state index is 5.95. The third-order valence-electron chi connectivity index (χ3n) is 3.14. The van der Waals surface area contributed by atoms with E-state index in [0.717, 1.165) is 17.7 Å². The van der Waals surface area contributed by atoms with Gasteiger partial charge in [-0.15, -0.1) is 0 Å². The van der Waals surface area contributed by atoms with Gasteiger partial charge in [0, 0.05) is 18.7 Å². The predicted molar refractivity (Wildman–Crippen MR) is 88.6 cm³/mol. The maximum Gasteiger partial charge on any atom is 0.125 e. The molecule has 0 bridgehead atoms. The van der Waals surface area contributed by atoms with Crippen LogP contribution in [0.3, 0.4) is 0 Å². The van der Waals surface area contributed by atoms with Gasteiger partial charge in [0.2, 0.25) is 0 Å². The minimum Gasteiger partial charge on any atom is -0.494 e. The first kappa shape index (κ1) is 17.5. The molecule has 21 heavy (non-hydrogen) atoms. The van der Waals surface area contributed by atoms with Gasteiger partial charge < -0.3 is 21.9 Å². The van der Waals surface area contributed by atoms with Crippen LogP contribution in [0.4, 0.5) is 0 Å². The van der Waals surface area contributed by atoms with Crippen molar-refractivity contribution in [3.8, 4) is 5.75 Å². The highest BCUT2D eigenvalue weighted by atomic mass is 16.5. The lowest BCUT2D eigenvalue weighted by molar-refractivity contribution is 0.243. The van der Waals surface area contributed by atoms with E-state index in [4.69, 9.17) is 21.9 Å². The lowest BCUT2D eigenvalue weighted by Crippen LogP contribution is -2.30. The van der Waals surface area contributed by atoms with Crippen molar-refractivity contribution < 1.29 is 4.74 Å². The van der Waals surface area contributed by atoms with Crippen molar-refractivity contribution in [2.24, 2.45) is 27.6 Å². The largest absolute Gasteiger partial charge is 0.494 e. The molecule has 0 amide bonds. The number of rotatable bonds is 7. The molecule has 0 fully saturated rings. The number of amidine groups is 1. The highest BCUT2D eigenvalue weighted by Crippen LogP contribution is 2.19. The van der Waals surface area contributed by atoms with E-state index >= 15 is 0 Å². The van der Waals surface area contributed by atoms with Crippen LogP contribution in [-0.2, 0) is 0 Å². The molecule has 0 unspecified atom stereocenters. The summed E-state index contributed by atoms with van der Waals surface area (Å²) in [4.78, 5) is 4.31. The zero-order valence-corrected chi connectivity index (χ0v) is 13.3. The van der Waals surface area contributed by atoms with E-state index in [0.29, 0.717) is 25.5 Å². The van der Waals surface area contributed by atoms with E-state index in [9.17, 15) is 0 Å². The number of hydrogen-bond donors (Lipinski definition) is 3. The highest BCUT2D eigenvalue weighted by Gasteiger charge is 2.10. The van der Waals surface area contributed by atoms with Crippen molar-refractivity contribution in [3.05, 3.63) is 29.8 Å². The molecule has 0 aliphatic rings. The van der Waals surface area contributed by atoms with E-state index in [-0.39, 0.29) is 11.5 Å². The first-order chi connectivity index (χ1) is 9.85. The maximum absolute atomic E-state index is 5.95. The second-order valence-electron chi connectivity index (χ2n) is 6.32. The first-order valence-corrected chi connectivity index (χ1v) is 7.32. The molecule has 1 rings (SSSR count). The third kappa shape index (κ3) is 6.60. The van der Waals surface area contributed by atoms with Gasteiger partial charge in [-0.05, 0) is 36.1 Å².